The molecule has 45 heavy (non-hydrogen) atoms. The molecule has 0 aliphatic carbocycles. The summed E-state index contributed by atoms with van der Waals surface area (Å²) in [5.74, 6) is 1.05. The quantitative estimate of drug-likeness (QED) is 0.138. The van der Waals surface area contributed by atoms with Crippen molar-refractivity contribution in [1.82, 2.24) is 0 Å². The Morgan fingerprint density at radius 3 is 0.689 bits per heavy atom. The Bertz CT molecular complexity index is 1470. The van der Waals surface area contributed by atoms with Crippen molar-refractivity contribution in [3.63, 3.8) is 0 Å². The van der Waals surface area contributed by atoms with Crippen LogP contribution < -0.4 is 10.2 Å². The predicted octanol–water partition coefficient (Wildman–Crippen LogP) is 8.02. The van der Waals surface area contributed by atoms with Crippen LogP contribution in [0.15, 0.2) is 177 Å². The monoisotopic (exact) mass is 680 g/mol. The first-order chi connectivity index (χ1) is 21.3. The number of para-hydroxylation sites is 6. The van der Waals surface area contributed by atoms with E-state index in [1.54, 1.807) is 72.8 Å². The third-order valence-corrected chi connectivity index (χ3v) is 7.65. The maximum absolute atomic E-state index is 10.3. The molecule has 6 aromatic rings. The minimum absolute atomic E-state index is 0. The molecule has 4 N–H and O–H groups in total. The zero-order chi connectivity index (χ0) is 31.6. The maximum Gasteiger partial charge on any atom is 2.00 e. The molecule has 6 rings (SSSR count). The molecule has 0 amide bonds. The van der Waals surface area contributed by atoms with Crippen molar-refractivity contribution >= 4 is 23.5 Å². The summed E-state index contributed by atoms with van der Waals surface area (Å²) in [6.07, 6.45) is 0. The fraction of sp³-hybridized carbons (Fsp3) is 0. The van der Waals surface area contributed by atoms with E-state index in [0.717, 1.165) is 19.6 Å². The van der Waals surface area contributed by atoms with Gasteiger partial charge in [0.05, 0.1) is 19.6 Å². The summed E-state index contributed by atoms with van der Waals surface area (Å²) in [4.78, 5) is 2.94. The van der Waals surface area contributed by atoms with Gasteiger partial charge < -0.3 is 30.6 Å². The number of phenols is 4. The van der Waals surface area contributed by atoms with Gasteiger partial charge in [0.2, 0.25) is 0 Å². The van der Waals surface area contributed by atoms with Crippen LogP contribution in [0.5, 0.6) is 34.5 Å². The maximum atomic E-state index is 10.3. The van der Waals surface area contributed by atoms with E-state index < -0.39 is 0 Å². The minimum atomic E-state index is 0. The molecule has 0 atom stereocenters. The summed E-state index contributed by atoms with van der Waals surface area (Å²) >= 11 is 2.68. The molecule has 0 aliphatic heterocycles. The van der Waals surface area contributed by atoms with Gasteiger partial charge in [0.15, 0.2) is 0 Å². The second-order valence-corrected chi connectivity index (χ2v) is 10.9. The first-order valence-corrected chi connectivity index (χ1v) is 14.9. The van der Waals surface area contributed by atoms with Gasteiger partial charge in [-0.25, -0.2) is 0 Å². The summed E-state index contributed by atoms with van der Waals surface area (Å²) in [6, 6.07) is 44.9. The van der Waals surface area contributed by atoms with Crippen molar-refractivity contribution in [1.29, 1.82) is 0 Å². The molecular weight excluding hydrogens is 651 g/mol. The van der Waals surface area contributed by atoms with Crippen LogP contribution in [0.2, 0.25) is 0 Å². The van der Waals surface area contributed by atoms with Crippen molar-refractivity contribution in [2.75, 3.05) is 0 Å². The van der Waals surface area contributed by atoms with E-state index in [2.05, 4.69) is 0 Å². The summed E-state index contributed by atoms with van der Waals surface area (Å²) in [5.41, 5.74) is 0. The Hall–Kier alpha value is -4.69. The molecule has 9 heteroatoms. The Morgan fingerprint density at radius 2 is 0.511 bits per heavy atom. The van der Waals surface area contributed by atoms with E-state index in [-0.39, 0.29) is 51.0 Å². The number of phenolic OH excluding ortho intramolecular Hbond substituents is 4. The normalized spacial score (nSPS) is 9.42. The van der Waals surface area contributed by atoms with Gasteiger partial charge in [0, 0.05) is 0 Å². The van der Waals surface area contributed by atoms with E-state index in [9.17, 15) is 30.6 Å². The predicted molar refractivity (Wildman–Crippen MR) is 172 cm³/mol. The van der Waals surface area contributed by atoms with Crippen molar-refractivity contribution in [3.05, 3.63) is 158 Å². The first-order valence-electron chi connectivity index (χ1n) is 13.2. The van der Waals surface area contributed by atoms with Gasteiger partial charge in [0.25, 0.3) is 0 Å². The summed E-state index contributed by atoms with van der Waals surface area (Å²) in [5, 5.41) is 58.8. The Balaban J connectivity index is 0.000000220. The first kappa shape index (κ1) is 36.5. The van der Waals surface area contributed by atoms with Gasteiger partial charge in [-0.1, -0.05) is 133 Å². The fourth-order valence-corrected chi connectivity index (χ4v) is 5.00. The van der Waals surface area contributed by atoms with Crippen LogP contribution in [0.4, 0.5) is 0 Å². The average molecular weight is 681 g/mol. The van der Waals surface area contributed by atoms with Crippen molar-refractivity contribution in [2.24, 2.45) is 0 Å². The van der Waals surface area contributed by atoms with Crippen LogP contribution in [0.25, 0.3) is 0 Å². The number of benzene rings is 6. The second kappa shape index (κ2) is 20.3. The Morgan fingerprint density at radius 1 is 0.311 bits per heavy atom. The molecule has 0 aliphatic rings. The Labute approximate surface area is 281 Å². The summed E-state index contributed by atoms with van der Waals surface area (Å²) < 4.78 is 0. The topological polar surface area (TPSA) is 127 Å². The van der Waals surface area contributed by atoms with Gasteiger partial charge >= 0.3 is 16.5 Å². The average Bonchev–Trinajstić information content (AvgIpc) is 3.03. The SMILES string of the molecule is Oc1ccccc1Sc1ccccc1O.Oc1ccccc1Sc1ccccc1O.[Ni+2].[O-]c1ccccc1.[O-]c1ccccc1. The standard InChI is InChI=1S/2C12H10O2S.2C6H6O.Ni/c2*13-9-5-1-3-7-11(9)15-12-8-4-2-6-10(12)14;2*7-6-4-2-1-3-5-6;/h2*1-8,13-14H;2*1-5,7H;/q;;;;+2/p-2. The van der Waals surface area contributed by atoms with Gasteiger partial charge in [-0.3, -0.25) is 0 Å². The number of aromatic hydroxyl groups is 4. The van der Waals surface area contributed by atoms with Crippen LogP contribution in [0.1, 0.15) is 0 Å². The molecule has 0 unspecified atom stereocenters. The van der Waals surface area contributed by atoms with E-state index in [1.807, 2.05) is 60.7 Å². The molecule has 0 aromatic heterocycles. The molecule has 6 nitrogen and oxygen atoms in total. The molecule has 0 saturated carbocycles. The zero-order valence-corrected chi connectivity index (χ0v) is 26.4. The zero-order valence-electron chi connectivity index (χ0n) is 23.7. The van der Waals surface area contributed by atoms with Gasteiger partial charge in [-0.15, -0.1) is 11.5 Å². The van der Waals surface area contributed by atoms with Crippen LogP contribution in [0, 0.1) is 0 Å². The third-order valence-electron chi connectivity index (χ3n) is 5.39. The number of rotatable bonds is 4. The van der Waals surface area contributed by atoms with Crippen molar-refractivity contribution in [3.8, 4) is 34.5 Å². The molecule has 0 radical (unpaired) electrons. The molecule has 6 aromatic carbocycles. The van der Waals surface area contributed by atoms with E-state index in [0.29, 0.717) is 0 Å². The fourth-order valence-electron chi connectivity index (χ4n) is 3.25. The van der Waals surface area contributed by atoms with Gasteiger partial charge in [-0.2, -0.15) is 0 Å². The van der Waals surface area contributed by atoms with Crippen LogP contribution in [-0.2, 0) is 16.5 Å². The molecule has 232 valence electrons. The van der Waals surface area contributed by atoms with Crippen LogP contribution >= 0.6 is 23.5 Å². The molecule has 0 spiro atoms. The summed E-state index contributed by atoms with van der Waals surface area (Å²) in [6.45, 7) is 0. The van der Waals surface area contributed by atoms with Gasteiger partial charge in [0.1, 0.15) is 23.0 Å². The van der Waals surface area contributed by atoms with Gasteiger partial charge in [-0.05, 0) is 48.5 Å². The second-order valence-electron chi connectivity index (χ2n) is 8.70. The summed E-state index contributed by atoms with van der Waals surface area (Å²) in [7, 11) is 0. The number of hydrogen-bond acceptors (Lipinski definition) is 8. The Kier molecular flexibility index (Phi) is 16.5. The molecule has 0 fully saturated rings. The van der Waals surface area contributed by atoms with Crippen molar-refractivity contribution < 1.29 is 47.1 Å². The minimum Gasteiger partial charge on any atom is -0.872 e. The molecule has 0 saturated heterocycles. The molecule has 0 bridgehead atoms. The smallest absolute Gasteiger partial charge is 0.872 e. The molecular formula is C36H30NiO6S2. The van der Waals surface area contributed by atoms with Crippen LogP contribution in [0.3, 0.4) is 0 Å². The van der Waals surface area contributed by atoms with Crippen molar-refractivity contribution in [2.45, 2.75) is 19.6 Å². The van der Waals surface area contributed by atoms with E-state index >= 15 is 0 Å². The number of hydrogen-bond donors (Lipinski definition) is 4. The van der Waals surface area contributed by atoms with E-state index in [4.69, 9.17) is 0 Å². The third kappa shape index (κ3) is 13.7. The molecule has 0 heterocycles. The van der Waals surface area contributed by atoms with E-state index in [1.165, 1.54) is 47.8 Å². The largest absolute Gasteiger partial charge is 2.00 e. The van der Waals surface area contributed by atoms with Crippen LogP contribution in [-0.4, -0.2) is 20.4 Å².